The predicted octanol–water partition coefficient (Wildman–Crippen LogP) is 2.02. The fourth-order valence-corrected chi connectivity index (χ4v) is 2.45. The van der Waals surface area contributed by atoms with Crippen LogP contribution in [0.5, 0.6) is 0 Å². The smallest absolute Gasteiger partial charge is 0.305 e. The highest BCUT2D eigenvalue weighted by Crippen LogP contribution is 2.23. The van der Waals surface area contributed by atoms with E-state index in [4.69, 9.17) is 5.11 Å². The molecule has 1 atom stereocenters. The summed E-state index contributed by atoms with van der Waals surface area (Å²) < 4.78 is 0. The lowest BCUT2D eigenvalue weighted by atomic mass is 10.0. The maximum Gasteiger partial charge on any atom is 0.305 e. The Bertz CT molecular complexity index is 397. The second kappa shape index (κ2) is 5.87. The number of benzene rings is 1. The van der Waals surface area contributed by atoms with Crippen molar-refractivity contribution >= 4 is 11.7 Å². The summed E-state index contributed by atoms with van der Waals surface area (Å²) in [5, 5.41) is 11.9. The monoisotopic (exact) mass is 248 g/mol. The molecule has 0 bridgehead atoms. The zero-order valence-electron chi connectivity index (χ0n) is 10.7. The van der Waals surface area contributed by atoms with Crippen molar-refractivity contribution < 1.29 is 9.90 Å². The van der Waals surface area contributed by atoms with E-state index in [-0.39, 0.29) is 12.5 Å². The average Bonchev–Trinajstić information content (AvgIpc) is 2.90. The summed E-state index contributed by atoms with van der Waals surface area (Å²) in [4.78, 5) is 13.1. The molecule has 4 nitrogen and oxygen atoms in total. The average molecular weight is 248 g/mol. The number of aliphatic carboxylic acids is 1. The highest BCUT2D eigenvalue weighted by molar-refractivity contribution is 5.68. The van der Waals surface area contributed by atoms with Gasteiger partial charge in [0.05, 0.1) is 6.42 Å². The van der Waals surface area contributed by atoms with Crippen molar-refractivity contribution in [3.8, 4) is 0 Å². The van der Waals surface area contributed by atoms with E-state index in [0.29, 0.717) is 0 Å². The normalized spacial score (nSPS) is 16.8. The lowest BCUT2D eigenvalue weighted by Gasteiger charge is -2.19. The van der Waals surface area contributed by atoms with Crippen LogP contribution in [0.2, 0.25) is 0 Å². The van der Waals surface area contributed by atoms with Crippen LogP contribution in [0.3, 0.4) is 0 Å². The van der Waals surface area contributed by atoms with E-state index in [1.807, 2.05) is 12.1 Å². The molecule has 18 heavy (non-hydrogen) atoms. The number of nitrogens with one attached hydrogen (secondary N) is 1. The second-order valence-electron chi connectivity index (χ2n) is 4.72. The van der Waals surface area contributed by atoms with Crippen LogP contribution in [0.4, 0.5) is 5.69 Å². The van der Waals surface area contributed by atoms with Crippen molar-refractivity contribution in [3.05, 3.63) is 29.8 Å². The van der Waals surface area contributed by atoms with Gasteiger partial charge in [-0.05, 0) is 37.6 Å². The van der Waals surface area contributed by atoms with Crippen molar-refractivity contribution in [1.82, 2.24) is 5.32 Å². The molecule has 0 spiro atoms. The third kappa shape index (κ3) is 3.01. The molecule has 0 aliphatic carbocycles. The van der Waals surface area contributed by atoms with Gasteiger partial charge in [0.2, 0.25) is 0 Å². The van der Waals surface area contributed by atoms with E-state index in [2.05, 4.69) is 22.3 Å². The van der Waals surface area contributed by atoms with Gasteiger partial charge in [-0.3, -0.25) is 4.79 Å². The van der Waals surface area contributed by atoms with Gasteiger partial charge in [0.1, 0.15) is 0 Å². The van der Waals surface area contributed by atoms with Crippen molar-refractivity contribution in [2.45, 2.75) is 25.3 Å². The van der Waals surface area contributed by atoms with E-state index >= 15 is 0 Å². The molecule has 0 saturated carbocycles. The Morgan fingerprint density at radius 2 is 1.94 bits per heavy atom. The van der Waals surface area contributed by atoms with Gasteiger partial charge >= 0.3 is 5.97 Å². The first kappa shape index (κ1) is 12.9. The van der Waals surface area contributed by atoms with Crippen LogP contribution >= 0.6 is 0 Å². The lowest BCUT2D eigenvalue weighted by molar-refractivity contribution is -0.137. The summed E-state index contributed by atoms with van der Waals surface area (Å²) in [6, 6.07) is 8.12. The van der Waals surface area contributed by atoms with E-state index < -0.39 is 5.97 Å². The minimum absolute atomic E-state index is 0.111. The standard InChI is InChI=1S/C14H20N2O2/c1-15-13(10-14(17)18)11-4-6-12(7-5-11)16-8-2-3-9-16/h4-7,13,15H,2-3,8-10H2,1H3,(H,17,18). The number of carbonyl (C=O) groups is 1. The Balaban J connectivity index is 2.07. The SMILES string of the molecule is CNC(CC(=O)O)c1ccc(N2CCCC2)cc1. The number of hydrogen-bond acceptors (Lipinski definition) is 3. The van der Waals surface area contributed by atoms with Crippen molar-refractivity contribution in [2.24, 2.45) is 0 Å². The highest BCUT2D eigenvalue weighted by atomic mass is 16.4. The first-order valence-electron chi connectivity index (χ1n) is 6.44. The van der Waals surface area contributed by atoms with Gasteiger partial charge < -0.3 is 15.3 Å². The third-order valence-corrected chi connectivity index (χ3v) is 3.49. The zero-order valence-corrected chi connectivity index (χ0v) is 10.7. The molecule has 1 unspecified atom stereocenters. The minimum atomic E-state index is -0.780. The maximum absolute atomic E-state index is 10.8. The van der Waals surface area contributed by atoms with Crippen LogP contribution in [0.1, 0.15) is 30.9 Å². The Morgan fingerprint density at radius 3 is 2.44 bits per heavy atom. The highest BCUT2D eigenvalue weighted by Gasteiger charge is 2.15. The molecule has 0 aromatic heterocycles. The molecule has 0 radical (unpaired) electrons. The molecule has 1 heterocycles. The first-order chi connectivity index (χ1) is 8.70. The molecular formula is C14H20N2O2. The molecule has 1 aliphatic heterocycles. The maximum atomic E-state index is 10.8. The first-order valence-corrected chi connectivity index (χ1v) is 6.44. The second-order valence-corrected chi connectivity index (χ2v) is 4.72. The fourth-order valence-electron chi connectivity index (χ4n) is 2.45. The Hall–Kier alpha value is -1.55. The molecular weight excluding hydrogens is 228 g/mol. The van der Waals surface area contributed by atoms with Crippen molar-refractivity contribution in [2.75, 3.05) is 25.0 Å². The summed E-state index contributed by atoms with van der Waals surface area (Å²) in [7, 11) is 1.79. The summed E-state index contributed by atoms with van der Waals surface area (Å²) in [6.45, 7) is 2.26. The van der Waals surface area contributed by atoms with Crippen LogP contribution in [0.25, 0.3) is 0 Å². The van der Waals surface area contributed by atoms with E-state index in [1.165, 1.54) is 18.5 Å². The Morgan fingerprint density at radius 1 is 1.33 bits per heavy atom. The van der Waals surface area contributed by atoms with Crippen LogP contribution in [-0.4, -0.2) is 31.2 Å². The molecule has 2 N–H and O–H groups in total. The minimum Gasteiger partial charge on any atom is -0.481 e. The Labute approximate surface area is 108 Å². The van der Waals surface area contributed by atoms with E-state index in [0.717, 1.165) is 18.7 Å². The van der Waals surface area contributed by atoms with Crippen molar-refractivity contribution in [1.29, 1.82) is 0 Å². The quantitative estimate of drug-likeness (QED) is 0.837. The molecule has 0 amide bonds. The molecule has 4 heteroatoms. The van der Waals surface area contributed by atoms with Gasteiger partial charge in [0, 0.05) is 24.8 Å². The van der Waals surface area contributed by atoms with Gasteiger partial charge in [-0.2, -0.15) is 0 Å². The molecule has 1 aromatic carbocycles. The van der Waals surface area contributed by atoms with E-state index in [9.17, 15) is 4.79 Å². The largest absolute Gasteiger partial charge is 0.481 e. The molecule has 1 saturated heterocycles. The number of rotatable bonds is 5. The van der Waals surface area contributed by atoms with Gasteiger partial charge in [-0.15, -0.1) is 0 Å². The number of carboxylic acids is 1. The molecule has 2 rings (SSSR count). The van der Waals surface area contributed by atoms with Gasteiger partial charge in [0.25, 0.3) is 0 Å². The third-order valence-electron chi connectivity index (χ3n) is 3.49. The predicted molar refractivity (Wildman–Crippen MR) is 71.9 cm³/mol. The summed E-state index contributed by atoms with van der Waals surface area (Å²) in [5.74, 6) is -0.780. The van der Waals surface area contributed by atoms with Crippen LogP contribution in [0.15, 0.2) is 24.3 Å². The van der Waals surface area contributed by atoms with Crippen molar-refractivity contribution in [3.63, 3.8) is 0 Å². The summed E-state index contributed by atoms with van der Waals surface area (Å²) >= 11 is 0. The van der Waals surface area contributed by atoms with Crippen LogP contribution in [-0.2, 0) is 4.79 Å². The summed E-state index contributed by atoms with van der Waals surface area (Å²) in [6.07, 6.45) is 2.64. The number of nitrogens with zero attached hydrogens (tertiary/aromatic N) is 1. The van der Waals surface area contributed by atoms with Gasteiger partial charge in [0.15, 0.2) is 0 Å². The fraction of sp³-hybridized carbons (Fsp3) is 0.500. The van der Waals surface area contributed by atoms with Gasteiger partial charge in [-0.1, -0.05) is 12.1 Å². The number of anilines is 1. The molecule has 1 aromatic rings. The zero-order chi connectivity index (χ0) is 13.0. The number of hydrogen-bond donors (Lipinski definition) is 2. The molecule has 98 valence electrons. The topological polar surface area (TPSA) is 52.6 Å². The Kier molecular flexibility index (Phi) is 4.20. The summed E-state index contributed by atoms with van der Waals surface area (Å²) in [5.41, 5.74) is 2.27. The molecule has 1 fully saturated rings. The van der Waals surface area contributed by atoms with Gasteiger partial charge in [-0.25, -0.2) is 0 Å². The number of carboxylic acid groups (broad SMARTS) is 1. The molecule has 1 aliphatic rings. The van der Waals surface area contributed by atoms with E-state index in [1.54, 1.807) is 7.05 Å². The van der Waals surface area contributed by atoms with Crippen LogP contribution < -0.4 is 10.2 Å². The van der Waals surface area contributed by atoms with Crippen LogP contribution in [0, 0.1) is 0 Å². The lowest BCUT2D eigenvalue weighted by Crippen LogP contribution is -2.20.